The van der Waals surface area contributed by atoms with Crippen molar-refractivity contribution in [2.45, 2.75) is 0 Å². The van der Waals surface area contributed by atoms with Crippen molar-refractivity contribution in [2.24, 2.45) is 0 Å². The van der Waals surface area contributed by atoms with Crippen molar-refractivity contribution in [3.63, 3.8) is 0 Å². The minimum atomic E-state index is 0.587. The topological polar surface area (TPSA) is 57.0 Å². The van der Waals surface area contributed by atoms with Gasteiger partial charge in [0.1, 0.15) is 28.0 Å². The van der Waals surface area contributed by atoms with Crippen LogP contribution in [0.5, 0.6) is 0 Å². The summed E-state index contributed by atoms with van der Waals surface area (Å²) in [5.74, 6) is 0.587. The summed E-state index contributed by atoms with van der Waals surface area (Å²) in [5, 5.41) is 12.8. The quantitative estimate of drug-likeness (QED) is 0.175. The fraction of sp³-hybridized carbons (Fsp3) is 0. The second-order valence-corrected chi connectivity index (χ2v) is 13.3. The molecule has 0 saturated carbocycles. The van der Waals surface area contributed by atoms with E-state index in [4.69, 9.17) is 18.8 Å². The zero-order valence-electron chi connectivity index (χ0n) is 27.1. The Balaban J connectivity index is 1.22. The summed E-state index contributed by atoms with van der Waals surface area (Å²) in [5.41, 5.74) is 7.58. The molecular weight excluding hydrogens is 627 g/mol. The van der Waals surface area contributed by atoms with Crippen LogP contribution in [-0.2, 0) is 0 Å². The minimum absolute atomic E-state index is 0.587. The van der Waals surface area contributed by atoms with Gasteiger partial charge in [-0.3, -0.25) is 4.57 Å². The van der Waals surface area contributed by atoms with Gasteiger partial charge in [-0.1, -0.05) is 103 Å². The zero-order chi connectivity index (χ0) is 33.2. The van der Waals surface area contributed by atoms with Gasteiger partial charge in [-0.25, -0.2) is 9.97 Å². The molecule has 51 heavy (non-hydrogen) atoms. The van der Waals surface area contributed by atoms with Gasteiger partial charge < -0.3 is 8.83 Å². The van der Waals surface area contributed by atoms with Crippen LogP contribution in [0.1, 0.15) is 0 Å². The molecule has 0 spiro atoms. The van der Waals surface area contributed by atoms with Crippen LogP contribution in [0.4, 0.5) is 0 Å². The Morgan fingerprint density at radius 1 is 0.373 bits per heavy atom. The van der Waals surface area contributed by atoms with Crippen LogP contribution in [0.25, 0.3) is 115 Å². The van der Waals surface area contributed by atoms with Crippen molar-refractivity contribution >= 4 is 98.1 Å². The van der Waals surface area contributed by atoms with Gasteiger partial charge in [0.2, 0.25) is 5.95 Å². The molecule has 12 rings (SSSR count). The summed E-state index contributed by atoms with van der Waals surface area (Å²) < 4.78 is 15.1. The number of benzene rings is 8. The smallest absolute Gasteiger partial charge is 0.236 e. The van der Waals surface area contributed by atoms with Crippen LogP contribution in [0, 0.1) is 0 Å². The van der Waals surface area contributed by atoms with Crippen molar-refractivity contribution in [1.82, 2.24) is 14.5 Å². The molecule has 0 fully saturated rings. The molecular formula is C46H25N3O2. The highest BCUT2D eigenvalue weighted by Crippen LogP contribution is 2.42. The van der Waals surface area contributed by atoms with Crippen molar-refractivity contribution in [2.75, 3.05) is 0 Å². The van der Waals surface area contributed by atoms with Crippen molar-refractivity contribution in [3.8, 4) is 17.2 Å². The lowest BCUT2D eigenvalue weighted by Gasteiger charge is -2.12. The lowest BCUT2D eigenvalue weighted by atomic mass is 9.93. The number of rotatable bonds is 2. The predicted octanol–water partition coefficient (Wildman–Crippen LogP) is 12.5. The molecule has 8 aromatic carbocycles. The zero-order valence-corrected chi connectivity index (χ0v) is 27.1. The minimum Gasteiger partial charge on any atom is -0.456 e. The summed E-state index contributed by atoms with van der Waals surface area (Å²) >= 11 is 0. The van der Waals surface area contributed by atoms with E-state index < -0.39 is 0 Å². The van der Waals surface area contributed by atoms with E-state index in [0.717, 1.165) is 71.5 Å². The van der Waals surface area contributed by atoms with Crippen LogP contribution in [0.2, 0.25) is 0 Å². The van der Waals surface area contributed by atoms with Crippen molar-refractivity contribution < 1.29 is 8.83 Å². The number of furan rings is 2. The molecule has 0 atom stereocenters. The molecule has 4 aromatic heterocycles. The number of nitrogens with zero attached hydrogens (tertiary/aromatic N) is 3. The third-order valence-electron chi connectivity index (χ3n) is 10.6. The van der Waals surface area contributed by atoms with E-state index in [9.17, 15) is 0 Å². The predicted molar refractivity (Wildman–Crippen MR) is 209 cm³/mol. The molecule has 0 bridgehead atoms. The van der Waals surface area contributed by atoms with Gasteiger partial charge >= 0.3 is 0 Å². The van der Waals surface area contributed by atoms with Crippen LogP contribution >= 0.6 is 0 Å². The molecule has 0 amide bonds. The first-order valence-electron chi connectivity index (χ1n) is 17.2. The van der Waals surface area contributed by atoms with Crippen LogP contribution in [-0.4, -0.2) is 14.5 Å². The van der Waals surface area contributed by atoms with Crippen molar-refractivity contribution in [1.29, 1.82) is 0 Å². The Labute approximate surface area is 289 Å². The molecule has 5 nitrogen and oxygen atoms in total. The number of para-hydroxylation sites is 3. The molecule has 0 radical (unpaired) electrons. The molecule has 0 unspecified atom stereocenters. The molecule has 0 saturated heterocycles. The molecule has 5 heteroatoms. The standard InChI is InChI=1S/C46H25N3O2/c1-3-13-29-27(11-1)28-12-2-4-14-30(28)36-25-39-37(24-35(29)36)31-15-5-8-18-38(31)49(39)46-47-43(45-44(48-46)34-17-7-10-20-41(34)51-45)26-21-22-33-32-16-6-9-19-40(32)50-42(33)23-26/h1-25H. The summed E-state index contributed by atoms with van der Waals surface area (Å²) in [4.78, 5) is 10.7. The fourth-order valence-corrected chi connectivity index (χ4v) is 8.33. The molecule has 236 valence electrons. The molecule has 0 N–H and O–H groups in total. The SMILES string of the molecule is c1ccc2c(c1)oc1cc(-c3nc(-n4c5ccccc5c5cc6c7ccccc7c7ccccc7c6cc54)nc4c3oc3ccccc34)ccc12. The van der Waals surface area contributed by atoms with E-state index in [-0.39, 0.29) is 0 Å². The van der Waals surface area contributed by atoms with Gasteiger partial charge in [0, 0.05) is 32.5 Å². The summed E-state index contributed by atoms with van der Waals surface area (Å²) in [7, 11) is 0. The highest BCUT2D eigenvalue weighted by Gasteiger charge is 2.22. The molecule has 12 aromatic rings. The van der Waals surface area contributed by atoms with E-state index in [2.05, 4.69) is 120 Å². The van der Waals surface area contributed by atoms with Gasteiger partial charge in [0.15, 0.2) is 5.58 Å². The normalized spacial score (nSPS) is 12.3. The first-order chi connectivity index (χ1) is 25.3. The number of hydrogen-bond acceptors (Lipinski definition) is 4. The van der Waals surface area contributed by atoms with Crippen LogP contribution < -0.4 is 0 Å². The summed E-state index contributed by atoms with van der Waals surface area (Å²) in [6.45, 7) is 0. The lowest BCUT2D eigenvalue weighted by molar-refractivity contribution is 0.666. The summed E-state index contributed by atoms with van der Waals surface area (Å²) in [6, 6.07) is 53.2. The van der Waals surface area contributed by atoms with E-state index in [1.54, 1.807) is 0 Å². The molecule has 4 heterocycles. The average Bonchev–Trinajstić information content (AvgIpc) is 3.86. The van der Waals surface area contributed by atoms with Crippen molar-refractivity contribution in [3.05, 3.63) is 152 Å². The van der Waals surface area contributed by atoms with E-state index in [1.807, 2.05) is 36.4 Å². The Bertz CT molecular complexity index is 3440. The Morgan fingerprint density at radius 2 is 0.941 bits per heavy atom. The second-order valence-electron chi connectivity index (χ2n) is 13.3. The Morgan fingerprint density at radius 3 is 1.69 bits per heavy atom. The lowest BCUT2D eigenvalue weighted by Crippen LogP contribution is -2.03. The van der Waals surface area contributed by atoms with Gasteiger partial charge in [-0.15, -0.1) is 0 Å². The van der Waals surface area contributed by atoms with Gasteiger partial charge in [-0.05, 0) is 80.8 Å². The first-order valence-corrected chi connectivity index (χ1v) is 17.2. The average molecular weight is 652 g/mol. The monoisotopic (exact) mass is 651 g/mol. The number of fused-ring (bicyclic) bond motifs is 15. The van der Waals surface area contributed by atoms with Gasteiger partial charge in [0.05, 0.1) is 11.0 Å². The van der Waals surface area contributed by atoms with E-state index in [0.29, 0.717) is 11.5 Å². The van der Waals surface area contributed by atoms with Gasteiger partial charge in [-0.2, -0.15) is 0 Å². The Hall–Kier alpha value is -6.98. The maximum atomic E-state index is 6.54. The van der Waals surface area contributed by atoms with Crippen LogP contribution in [0.3, 0.4) is 0 Å². The molecule has 0 aliphatic heterocycles. The highest BCUT2D eigenvalue weighted by molar-refractivity contribution is 6.28. The highest BCUT2D eigenvalue weighted by atomic mass is 16.3. The number of aromatic nitrogens is 3. The van der Waals surface area contributed by atoms with E-state index in [1.165, 1.54) is 32.3 Å². The van der Waals surface area contributed by atoms with Gasteiger partial charge in [0.25, 0.3) is 0 Å². The maximum absolute atomic E-state index is 6.54. The number of hydrogen-bond donors (Lipinski definition) is 0. The largest absolute Gasteiger partial charge is 0.456 e. The fourth-order valence-electron chi connectivity index (χ4n) is 8.33. The third kappa shape index (κ3) is 3.64. The van der Waals surface area contributed by atoms with E-state index >= 15 is 0 Å². The molecule has 0 aliphatic carbocycles. The first kappa shape index (κ1) is 26.9. The Kier molecular flexibility index (Phi) is 5.17. The maximum Gasteiger partial charge on any atom is 0.236 e. The second kappa shape index (κ2) is 9.80. The molecule has 0 aliphatic rings. The van der Waals surface area contributed by atoms with Crippen LogP contribution in [0.15, 0.2) is 160 Å². The third-order valence-corrected chi connectivity index (χ3v) is 10.6. The summed E-state index contributed by atoms with van der Waals surface area (Å²) in [6.07, 6.45) is 0.